The van der Waals surface area contributed by atoms with Crippen LogP contribution in [0.3, 0.4) is 0 Å². The van der Waals surface area contributed by atoms with E-state index in [1.807, 2.05) is 0 Å². The lowest BCUT2D eigenvalue weighted by Gasteiger charge is -2.13. The second kappa shape index (κ2) is 6.38. The average molecular weight is 382 g/mol. The van der Waals surface area contributed by atoms with E-state index in [-0.39, 0.29) is 28.6 Å². The monoisotopic (exact) mass is 382 g/mol. The lowest BCUT2D eigenvalue weighted by atomic mass is 9.99. The molecule has 0 spiro atoms. The van der Waals surface area contributed by atoms with Crippen molar-refractivity contribution in [2.45, 2.75) is 12.6 Å². The summed E-state index contributed by atoms with van der Waals surface area (Å²) < 4.78 is 52.5. The van der Waals surface area contributed by atoms with Gasteiger partial charge in [-0.15, -0.1) is 0 Å². The number of aromatic hydroxyl groups is 1. The fourth-order valence-electron chi connectivity index (χ4n) is 2.68. The third kappa shape index (κ3) is 3.46. The number of fused-ring (bicyclic) bond motifs is 1. The molecule has 1 aromatic carbocycles. The molecule has 0 aliphatic heterocycles. The Kier molecular flexibility index (Phi) is 4.34. The summed E-state index contributed by atoms with van der Waals surface area (Å²) in [7, 11) is 0. The van der Waals surface area contributed by atoms with Crippen LogP contribution in [0.2, 0.25) is 0 Å². The first-order valence-corrected chi connectivity index (χ1v) is 7.40. The number of nitrogens with one attached hydrogen (secondary N) is 1. The number of carboxylic acids is 1. The van der Waals surface area contributed by atoms with Crippen molar-refractivity contribution in [1.82, 2.24) is 9.97 Å². The zero-order valence-electron chi connectivity index (χ0n) is 13.3. The minimum absolute atomic E-state index is 0.0457. The zero-order valence-corrected chi connectivity index (χ0v) is 13.3. The number of aromatic amines is 1. The van der Waals surface area contributed by atoms with Crippen molar-refractivity contribution in [3.8, 4) is 5.75 Å². The first-order chi connectivity index (χ1) is 12.6. The van der Waals surface area contributed by atoms with Crippen LogP contribution in [0.4, 0.5) is 17.6 Å². The number of carbonyl (C=O) groups is 1. The highest BCUT2D eigenvalue weighted by atomic mass is 19.4. The maximum atomic E-state index is 13.2. The Morgan fingerprint density at radius 1 is 1.22 bits per heavy atom. The van der Waals surface area contributed by atoms with Crippen LogP contribution in [-0.2, 0) is 12.6 Å². The van der Waals surface area contributed by atoms with E-state index in [0.29, 0.717) is 6.07 Å². The van der Waals surface area contributed by atoms with Gasteiger partial charge in [-0.05, 0) is 35.7 Å². The Labute approximate surface area is 147 Å². The molecular weight excluding hydrogens is 372 g/mol. The number of hydrogen-bond donors (Lipinski definition) is 3. The second-order valence-electron chi connectivity index (χ2n) is 5.70. The third-order valence-corrected chi connectivity index (χ3v) is 3.87. The average Bonchev–Trinajstić information content (AvgIpc) is 2.55. The quantitative estimate of drug-likeness (QED) is 0.604. The SMILES string of the molecule is O=C(O)c1c(O)c2ncc(Cc3ccc(F)cc3C(F)(F)F)cc2[nH]c1=O. The van der Waals surface area contributed by atoms with Crippen LogP contribution in [0, 0.1) is 5.82 Å². The molecule has 0 bridgehead atoms. The number of aromatic nitrogens is 2. The van der Waals surface area contributed by atoms with E-state index in [9.17, 15) is 32.3 Å². The maximum absolute atomic E-state index is 13.2. The highest BCUT2D eigenvalue weighted by molar-refractivity contribution is 5.96. The van der Waals surface area contributed by atoms with Crippen molar-refractivity contribution in [2.75, 3.05) is 0 Å². The molecule has 2 heterocycles. The highest BCUT2D eigenvalue weighted by Gasteiger charge is 2.33. The van der Waals surface area contributed by atoms with Gasteiger partial charge in [0.1, 0.15) is 11.3 Å². The Morgan fingerprint density at radius 3 is 2.56 bits per heavy atom. The van der Waals surface area contributed by atoms with Crippen molar-refractivity contribution in [2.24, 2.45) is 0 Å². The Hall–Kier alpha value is -3.43. The standard InChI is InChI=1S/C17H10F4N2O4/c18-9-2-1-8(10(5-9)17(19,20)21)3-7-4-11-13(22-6-7)14(24)12(16(26)27)15(25)23-11/h1-2,4-6H,3H2,(H,26,27)(H2,23,24,25). The molecule has 6 nitrogen and oxygen atoms in total. The summed E-state index contributed by atoms with van der Waals surface area (Å²) in [5.41, 5.74) is -3.34. The molecule has 27 heavy (non-hydrogen) atoms. The lowest BCUT2D eigenvalue weighted by Crippen LogP contribution is -2.18. The smallest absolute Gasteiger partial charge is 0.416 e. The highest BCUT2D eigenvalue weighted by Crippen LogP contribution is 2.34. The summed E-state index contributed by atoms with van der Waals surface area (Å²) in [5.74, 6) is -3.52. The summed E-state index contributed by atoms with van der Waals surface area (Å²) in [5, 5.41) is 18.8. The molecule has 0 saturated carbocycles. The van der Waals surface area contributed by atoms with Crippen LogP contribution < -0.4 is 5.56 Å². The minimum atomic E-state index is -4.76. The van der Waals surface area contributed by atoms with E-state index in [1.54, 1.807) is 0 Å². The molecule has 140 valence electrons. The van der Waals surface area contributed by atoms with Crippen LogP contribution in [0.15, 0.2) is 35.3 Å². The van der Waals surface area contributed by atoms with Gasteiger partial charge in [0.15, 0.2) is 11.3 Å². The molecule has 0 radical (unpaired) electrons. The minimum Gasteiger partial charge on any atom is -0.505 e. The number of hydrogen-bond acceptors (Lipinski definition) is 4. The summed E-state index contributed by atoms with van der Waals surface area (Å²) in [6.45, 7) is 0. The number of pyridine rings is 2. The number of rotatable bonds is 3. The number of H-pyrrole nitrogens is 1. The zero-order chi connectivity index (χ0) is 19.9. The van der Waals surface area contributed by atoms with Gasteiger partial charge in [0.05, 0.1) is 11.1 Å². The van der Waals surface area contributed by atoms with Gasteiger partial charge < -0.3 is 15.2 Å². The molecule has 0 aliphatic carbocycles. The van der Waals surface area contributed by atoms with Crippen molar-refractivity contribution < 1.29 is 32.6 Å². The molecule has 2 aromatic heterocycles. The Morgan fingerprint density at radius 2 is 1.93 bits per heavy atom. The van der Waals surface area contributed by atoms with Crippen LogP contribution in [0.5, 0.6) is 5.75 Å². The lowest BCUT2D eigenvalue weighted by molar-refractivity contribution is -0.138. The number of nitrogens with zero attached hydrogens (tertiary/aromatic N) is 1. The summed E-state index contributed by atoms with van der Waals surface area (Å²) in [4.78, 5) is 28.8. The number of carboxylic acid groups (broad SMARTS) is 1. The van der Waals surface area contributed by atoms with Crippen LogP contribution in [0.1, 0.15) is 27.0 Å². The fraction of sp³-hybridized carbons (Fsp3) is 0.118. The number of alkyl halides is 3. The topological polar surface area (TPSA) is 103 Å². The second-order valence-corrected chi connectivity index (χ2v) is 5.70. The van der Waals surface area contributed by atoms with E-state index >= 15 is 0 Å². The Bertz CT molecular complexity index is 1120. The molecule has 0 unspecified atom stereocenters. The van der Waals surface area contributed by atoms with Crippen molar-refractivity contribution >= 4 is 17.0 Å². The summed E-state index contributed by atoms with van der Waals surface area (Å²) in [6.07, 6.45) is -3.90. The van der Waals surface area contributed by atoms with Gasteiger partial charge >= 0.3 is 12.1 Å². The fourth-order valence-corrected chi connectivity index (χ4v) is 2.68. The first-order valence-electron chi connectivity index (χ1n) is 7.40. The molecular formula is C17H10F4N2O4. The van der Waals surface area contributed by atoms with Crippen LogP contribution in [-0.4, -0.2) is 26.2 Å². The Balaban J connectivity index is 2.09. The van der Waals surface area contributed by atoms with Gasteiger partial charge in [-0.1, -0.05) is 6.07 Å². The number of benzene rings is 1. The van der Waals surface area contributed by atoms with Crippen molar-refractivity contribution in [3.63, 3.8) is 0 Å². The van der Waals surface area contributed by atoms with Crippen molar-refractivity contribution in [1.29, 1.82) is 0 Å². The van der Waals surface area contributed by atoms with Crippen molar-refractivity contribution in [3.05, 3.63) is 68.9 Å². The predicted molar refractivity (Wildman–Crippen MR) is 85.2 cm³/mol. The van der Waals surface area contributed by atoms with E-state index in [4.69, 9.17) is 5.11 Å². The van der Waals surface area contributed by atoms with Gasteiger partial charge in [0, 0.05) is 6.20 Å². The first kappa shape index (κ1) is 18.4. The van der Waals surface area contributed by atoms with E-state index in [1.165, 1.54) is 6.07 Å². The normalized spacial score (nSPS) is 11.7. The van der Waals surface area contributed by atoms with Gasteiger partial charge in [0.25, 0.3) is 5.56 Å². The van der Waals surface area contributed by atoms with Gasteiger partial charge in [-0.3, -0.25) is 9.78 Å². The molecule has 3 aromatic rings. The van der Waals surface area contributed by atoms with Crippen LogP contribution in [0.25, 0.3) is 11.0 Å². The van der Waals surface area contributed by atoms with Gasteiger partial charge in [-0.2, -0.15) is 13.2 Å². The largest absolute Gasteiger partial charge is 0.505 e. The molecule has 3 N–H and O–H groups in total. The van der Waals surface area contributed by atoms with Crippen LogP contribution >= 0.6 is 0 Å². The summed E-state index contributed by atoms with van der Waals surface area (Å²) >= 11 is 0. The molecule has 0 aliphatic rings. The van der Waals surface area contributed by atoms with E-state index in [0.717, 1.165) is 18.3 Å². The molecule has 0 amide bonds. The molecule has 0 saturated heterocycles. The summed E-state index contributed by atoms with van der Waals surface area (Å²) in [6, 6.07) is 3.54. The number of aromatic carboxylic acids is 1. The molecule has 3 rings (SSSR count). The maximum Gasteiger partial charge on any atom is 0.416 e. The number of halogens is 4. The molecule has 10 heteroatoms. The van der Waals surface area contributed by atoms with Gasteiger partial charge in [-0.25, -0.2) is 9.18 Å². The molecule has 0 fully saturated rings. The van der Waals surface area contributed by atoms with E-state index in [2.05, 4.69) is 9.97 Å². The molecule has 0 atom stereocenters. The predicted octanol–water partition coefficient (Wildman–Crippen LogP) is 3.08. The third-order valence-electron chi connectivity index (χ3n) is 3.87. The van der Waals surface area contributed by atoms with E-state index < -0.39 is 40.4 Å². The van der Waals surface area contributed by atoms with Gasteiger partial charge in [0.2, 0.25) is 0 Å².